The van der Waals surface area contributed by atoms with Gasteiger partial charge >= 0.3 is 0 Å². The monoisotopic (exact) mass is 313 g/mol. The smallest absolute Gasteiger partial charge is 0.250 e. The molecule has 2 N–H and O–H groups in total. The second-order valence-electron chi connectivity index (χ2n) is 7.87. The van der Waals surface area contributed by atoms with Crippen molar-refractivity contribution in [2.45, 2.75) is 57.9 Å². The minimum Gasteiger partial charge on any atom is -0.324 e. The van der Waals surface area contributed by atoms with Gasteiger partial charge in [0.2, 0.25) is 5.91 Å². The van der Waals surface area contributed by atoms with Crippen LogP contribution in [0.15, 0.2) is 30.0 Å². The molecule has 0 spiro atoms. The van der Waals surface area contributed by atoms with Crippen molar-refractivity contribution in [2.75, 3.05) is 12.4 Å². The van der Waals surface area contributed by atoms with Gasteiger partial charge in [0, 0.05) is 18.4 Å². The molecule has 1 amide bonds. The lowest BCUT2D eigenvalue weighted by atomic mass is 9.86. The number of carbonyl (C=O) groups is 1. The summed E-state index contributed by atoms with van der Waals surface area (Å²) in [6.45, 7) is 10.7. The Morgan fingerprint density at radius 3 is 2.65 bits per heavy atom. The fourth-order valence-corrected chi connectivity index (χ4v) is 4.12. The standard InChI is InChI=1S/C19H27N3O/c1-12-10-18(3,4)14-8-7-9-15(16(12)14)20-17(23)19(5)11-13(2)22(6)21-19/h7-9,11-12,21H,10H2,1-6H3,(H,20,23). The third-order valence-corrected chi connectivity index (χ3v) is 5.29. The van der Waals surface area contributed by atoms with Crippen molar-refractivity contribution in [3.05, 3.63) is 41.1 Å². The van der Waals surface area contributed by atoms with E-state index >= 15 is 0 Å². The van der Waals surface area contributed by atoms with E-state index in [0.29, 0.717) is 5.92 Å². The minimum absolute atomic E-state index is 0.0218. The first-order valence-corrected chi connectivity index (χ1v) is 8.30. The average Bonchev–Trinajstić information content (AvgIpc) is 2.85. The van der Waals surface area contributed by atoms with Gasteiger partial charge in [0.05, 0.1) is 0 Å². The molecule has 2 atom stereocenters. The molecule has 1 heterocycles. The first-order valence-electron chi connectivity index (χ1n) is 8.30. The molecule has 0 fully saturated rings. The van der Waals surface area contributed by atoms with Crippen LogP contribution in [0.25, 0.3) is 0 Å². The number of rotatable bonds is 2. The van der Waals surface area contributed by atoms with Gasteiger partial charge in [0.1, 0.15) is 5.54 Å². The Kier molecular flexibility index (Phi) is 3.56. The van der Waals surface area contributed by atoms with Crippen molar-refractivity contribution in [3.63, 3.8) is 0 Å². The highest BCUT2D eigenvalue weighted by Crippen LogP contribution is 2.48. The summed E-state index contributed by atoms with van der Waals surface area (Å²) in [5.41, 5.74) is 7.34. The largest absolute Gasteiger partial charge is 0.324 e. The summed E-state index contributed by atoms with van der Waals surface area (Å²) in [6.07, 6.45) is 3.09. The number of fused-ring (bicyclic) bond motifs is 1. The first kappa shape index (κ1) is 16.1. The predicted octanol–water partition coefficient (Wildman–Crippen LogP) is 3.52. The number of allylic oxidation sites excluding steroid dienone is 1. The van der Waals surface area contributed by atoms with Crippen LogP contribution in [0.4, 0.5) is 5.69 Å². The van der Waals surface area contributed by atoms with Crippen LogP contribution < -0.4 is 10.7 Å². The van der Waals surface area contributed by atoms with E-state index in [4.69, 9.17) is 0 Å². The molecule has 0 radical (unpaired) electrons. The van der Waals surface area contributed by atoms with Crippen molar-refractivity contribution < 1.29 is 4.79 Å². The van der Waals surface area contributed by atoms with E-state index in [1.165, 1.54) is 11.1 Å². The van der Waals surface area contributed by atoms with Gasteiger partial charge in [0.25, 0.3) is 0 Å². The molecule has 0 saturated carbocycles. The molecule has 4 heteroatoms. The number of carbonyl (C=O) groups excluding carboxylic acids is 1. The van der Waals surface area contributed by atoms with E-state index in [-0.39, 0.29) is 11.3 Å². The molecule has 0 bridgehead atoms. The van der Waals surface area contributed by atoms with Gasteiger partial charge in [-0.1, -0.05) is 32.9 Å². The van der Waals surface area contributed by atoms with Crippen LogP contribution >= 0.6 is 0 Å². The quantitative estimate of drug-likeness (QED) is 0.878. The Hall–Kier alpha value is -1.81. The van der Waals surface area contributed by atoms with E-state index < -0.39 is 5.54 Å². The predicted molar refractivity (Wildman–Crippen MR) is 94.2 cm³/mol. The van der Waals surface area contributed by atoms with Gasteiger partial charge in [0.15, 0.2) is 0 Å². The molecular formula is C19H27N3O. The maximum atomic E-state index is 12.9. The summed E-state index contributed by atoms with van der Waals surface area (Å²) in [5.74, 6) is 0.437. The Morgan fingerprint density at radius 2 is 2.04 bits per heavy atom. The maximum Gasteiger partial charge on any atom is 0.250 e. The van der Waals surface area contributed by atoms with Crippen LogP contribution in [0.1, 0.15) is 58.1 Å². The highest BCUT2D eigenvalue weighted by atomic mass is 16.2. The third-order valence-electron chi connectivity index (χ3n) is 5.29. The van der Waals surface area contributed by atoms with E-state index in [1.807, 2.05) is 44.1 Å². The number of nitrogens with one attached hydrogen (secondary N) is 2. The van der Waals surface area contributed by atoms with Crippen LogP contribution in [0, 0.1) is 0 Å². The Balaban J connectivity index is 1.91. The molecule has 2 aliphatic rings. The molecule has 0 saturated heterocycles. The van der Waals surface area contributed by atoms with Crippen LogP contribution in [-0.2, 0) is 10.2 Å². The Labute approximate surface area is 138 Å². The fourth-order valence-electron chi connectivity index (χ4n) is 4.12. The zero-order chi connectivity index (χ0) is 17.0. The molecule has 0 aromatic heterocycles. The van der Waals surface area contributed by atoms with Crippen molar-refractivity contribution in [3.8, 4) is 0 Å². The number of anilines is 1. The zero-order valence-corrected chi connectivity index (χ0v) is 14.9. The molecular weight excluding hydrogens is 286 g/mol. The summed E-state index contributed by atoms with van der Waals surface area (Å²) in [4.78, 5) is 12.9. The van der Waals surface area contributed by atoms with Gasteiger partial charge in [-0.05, 0) is 54.9 Å². The van der Waals surface area contributed by atoms with E-state index in [2.05, 4.69) is 37.6 Å². The second-order valence-corrected chi connectivity index (χ2v) is 7.87. The number of amides is 1. The topological polar surface area (TPSA) is 44.4 Å². The number of nitrogens with zero attached hydrogens (tertiary/aromatic N) is 1. The lowest BCUT2D eigenvalue weighted by Crippen LogP contribution is -2.51. The fraction of sp³-hybridized carbons (Fsp3) is 0.526. The molecule has 3 rings (SSSR count). The average molecular weight is 313 g/mol. The van der Waals surface area contributed by atoms with Crippen molar-refractivity contribution in [1.82, 2.24) is 10.4 Å². The molecule has 1 aromatic carbocycles. The minimum atomic E-state index is -0.709. The SMILES string of the molecule is CC1=CC(C)(C(=O)Nc2cccc3c2C(C)CC3(C)C)NN1C. The van der Waals surface area contributed by atoms with Crippen LogP contribution in [0.3, 0.4) is 0 Å². The molecule has 1 aromatic rings. The van der Waals surface area contributed by atoms with Crippen LogP contribution in [0.5, 0.6) is 0 Å². The van der Waals surface area contributed by atoms with Gasteiger partial charge in [-0.15, -0.1) is 0 Å². The summed E-state index contributed by atoms with van der Waals surface area (Å²) < 4.78 is 0. The number of hydrazine groups is 1. The van der Waals surface area contributed by atoms with E-state index in [0.717, 1.165) is 17.8 Å². The van der Waals surface area contributed by atoms with Crippen molar-refractivity contribution >= 4 is 11.6 Å². The molecule has 4 nitrogen and oxygen atoms in total. The Bertz CT molecular complexity index is 692. The molecule has 2 unspecified atom stereocenters. The van der Waals surface area contributed by atoms with Gasteiger partial charge in [-0.3, -0.25) is 4.79 Å². The number of hydrogen-bond donors (Lipinski definition) is 2. The lowest BCUT2D eigenvalue weighted by Gasteiger charge is -2.26. The molecule has 23 heavy (non-hydrogen) atoms. The zero-order valence-electron chi connectivity index (χ0n) is 14.9. The first-order chi connectivity index (χ1) is 10.6. The highest BCUT2D eigenvalue weighted by molar-refractivity contribution is 6.00. The van der Waals surface area contributed by atoms with Gasteiger partial charge in [-0.25, -0.2) is 5.43 Å². The molecule has 1 aliphatic carbocycles. The van der Waals surface area contributed by atoms with Gasteiger partial charge in [-0.2, -0.15) is 0 Å². The van der Waals surface area contributed by atoms with Crippen LogP contribution in [0.2, 0.25) is 0 Å². The van der Waals surface area contributed by atoms with Gasteiger partial charge < -0.3 is 10.3 Å². The summed E-state index contributed by atoms with van der Waals surface area (Å²) in [5, 5.41) is 5.05. The number of hydrogen-bond acceptors (Lipinski definition) is 3. The maximum absolute atomic E-state index is 12.9. The summed E-state index contributed by atoms with van der Waals surface area (Å²) in [6, 6.07) is 6.26. The molecule has 1 aliphatic heterocycles. The second kappa shape index (κ2) is 5.10. The summed E-state index contributed by atoms with van der Waals surface area (Å²) >= 11 is 0. The molecule has 124 valence electrons. The highest BCUT2D eigenvalue weighted by Gasteiger charge is 2.39. The summed E-state index contributed by atoms with van der Waals surface area (Å²) in [7, 11) is 1.93. The lowest BCUT2D eigenvalue weighted by molar-refractivity contribution is -0.120. The number of benzene rings is 1. The van der Waals surface area contributed by atoms with Crippen molar-refractivity contribution in [2.24, 2.45) is 0 Å². The van der Waals surface area contributed by atoms with E-state index in [1.54, 1.807) is 0 Å². The van der Waals surface area contributed by atoms with Crippen LogP contribution in [-0.4, -0.2) is 23.5 Å². The van der Waals surface area contributed by atoms with E-state index in [9.17, 15) is 4.79 Å². The van der Waals surface area contributed by atoms with Crippen molar-refractivity contribution in [1.29, 1.82) is 0 Å². The third kappa shape index (κ3) is 2.55. The Morgan fingerprint density at radius 1 is 1.35 bits per heavy atom. The normalized spacial score (nSPS) is 28.5.